The maximum atomic E-state index is 12.7. The van der Waals surface area contributed by atoms with Crippen molar-refractivity contribution in [2.75, 3.05) is 27.9 Å². The van der Waals surface area contributed by atoms with Crippen molar-refractivity contribution < 1.29 is 23.7 Å². The third-order valence-corrected chi connectivity index (χ3v) is 4.43. The lowest BCUT2D eigenvalue weighted by atomic mass is 10.1. The number of rotatable bonds is 10. The molecule has 0 fully saturated rings. The summed E-state index contributed by atoms with van der Waals surface area (Å²) in [4.78, 5) is 12.7. The Morgan fingerprint density at radius 2 is 1.68 bits per heavy atom. The molecule has 0 aromatic heterocycles. The standard InChI is InChI=1S/C22H29NO5/c1-6-7-12-28-20-10-8-16(13-21(20)27-5)22(24)23-15(2)18-14-17(25-3)9-11-19(18)26-4/h8-11,13-15H,6-7,12H2,1-5H3,(H,23,24)/t15-/m0/s1. The van der Waals surface area contributed by atoms with Gasteiger partial charge in [-0.3, -0.25) is 4.79 Å². The summed E-state index contributed by atoms with van der Waals surface area (Å²) >= 11 is 0. The third kappa shape index (κ3) is 5.31. The van der Waals surface area contributed by atoms with Crippen LogP contribution in [0.2, 0.25) is 0 Å². The lowest BCUT2D eigenvalue weighted by Crippen LogP contribution is -2.27. The fraction of sp³-hybridized carbons (Fsp3) is 0.409. The number of amides is 1. The molecule has 0 aliphatic carbocycles. The number of ether oxygens (including phenoxy) is 4. The Kier molecular flexibility index (Phi) is 7.99. The van der Waals surface area contributed by atoms with E-state index in [1.54, 1.807) is 39.5 Å². The highest BCUT2D eigenvalue weighted by atomic mass is 16.5. The van der Waals surface area contributed by atoms with Crippen molar-refractivity contribution >= 4 is 5.91 Å². The number of nitrogens with one attached hydrogen (secondary N) is 1. The smallest absolute Gasteiger partial charge is 0.251 e. The molecule has 0 aliphatic rings. The van der Waals surface area contributed by atoms with Gasteiger partial charge in [-0.1, -0.05) is 13.3 Å². The number of unbranched alkanes of at least 4 members (excludes halogenated alkanes) is 1. The minimum atomic E-state index is -0.274. The first kappa shape index (κ1) is 21.4. The highest BCUT2D eigenvalue weighted by molar-refractivity contribution is 5.95. The van der Waals surface area contributed by atoms with Crippen LogP contribution in [0.15, 0.2) is 36.4 Å². The van der Waals surface area contributed by atoms with E-state index in [9.17, 15) is 4.79 Å². The van der Waals surface area contributed by atoms with Gasteiger partial charge in [-0.25, -0.2) is 0 Å². The second-order valence-electron chi connectivity index (χ2n) is 6.37. The summed E-state index contributed by atoms with van der Waals surface area (Å²) < 4.78 is 21.8. The molecule has 0 spiro atoms. The fourth-order valence-corrected chi connectivity index (χ4v) is 2.79. The maximum Gasteiger partial charge on any atom is 0.251 e. The Morgan fingerprint density at radius 1 is 0.964 bits per heavy atom. The molecule has 0 aliphatic heterocycles. The van der Waals surface area contributed by atoms with Gasteiger partial charge in [0.25, 0.3) is 5.91 Å². The van der Waals surface area contributed by atoms with Crippen molar-refractivity contribution in [3.05, 3.63) is 47.5 Å². The number of methoxy groups -OCH3 is 3. The van der Waals surface area contributed by atoms with Crippen molar-refractivity contribution in [3.63, 3.8) is 0 Å². The molecule has 1 amide bonds. The lowest BCUT2D eigenvalue weighted by molar-refractivity contribution is 0.0939. The van der Waals surface area contributed by atoms with E-state index in [-0.39, 0.29) is 11.9 Å². The molecule has 0 unspecified atom stereocenters. The number of carbonyl (C=O) groups excluding carboxylic acids is 1. The number of benzene rings is 2. The number of hydrogen-bond donors (Lipinski definition) is 1. The molecule has 1 atom stereocenters. The summed E-state index contributed by atoms with van der Waals surface area (Å²) in [6.45, 7) is 4.62. The van der Waals surface area contributed by atoms with Crippen LogP contribution in [-0.2, 0) is 0 Å². The van der Waals surface area contributed by atoms with Gasteiger partial charge < -0.3 is 24.3 Å². The topological polar surface area (TPSA) is 66.0 Å². The fourth-order valence-electron chi connectivity index (χ4n) is 2.79. The van der Waals surface area contributed by atoms with Crippen LogP contribution in [0.1, 0.15) is 48.7 Å². The molecule has 0 saturated heterocycles. The molecule has 0 radical (unpaired) electrons. The summed E-state index contributed by atoms with van der Waals surface area (Å²) in [5, 5.41) is 2.99. The molecule has 28 heavy (non-hydrogen) atoms. The van der Waals surface area contributed by atoms with Gasteiger partial charge in [-0.2, -0.15) is 0 Å². The predicted octanol–water partition coefficient (Wildman–Crippen LogP) is 4.38. The first-order valence-corrected chi connectivity index (χ1v) is 9.37. The van der Waals surface area contributed by atoms with Crippen LogP contribution >= 0.6 is 0 Å². The molecule has 2 aromatic carbocycles. The van der Waals surface area contributed by atoms with Crippen LogP contribution in [0, 0.1) is 0 Å². The van der Waals surface area contributed by atoms with E-state index in [2.05, 4.69) is 12.2 Å². The van der Waals surface area contributed by atoms with Crippen LogP contribution < -0.4 is 24.3 Å². The largest absolute Gasteiger partial charge is 0.497 e. The Labute approximate surface area is 166 Å². The zero-order chi connectivity index (χ0) is 20.5. The average Bonchev–Trinajstić information content (AvgIpc) is 2.73. The summed E-state index contributed by atoms with van der Waals surface area (Å²) in [5.41, 5.74) is 1.33. The van der Waals surface area contributed by atoms with Crippen LogP contribution in [0.25, 0.3) is 0 Å². The van der Waals surface area contributed by atoms with Crippen LogP contribution in [0.4, 0.5) is 0 Å². The van der Waals surface area contributed by atoms with Gasteiger partial charge in [0.15, 0.2) is 11.5 Å². The monoisotopic (exact) mass is 387 g/mol. The van der Waals surface area contributed by atoms with Gasteiger partial charge in [-0.05, 0) is 49.7 Å². The van der Waals surface area contributed by atoms with Gasteiger partial charge in [-0.15, -0.1) is 0 Å². The lowest BCUT2D eigenvalue weighted by Gasteiger charge is -2.19. The van der Waals surface area contributed by atoms with Crippen molar-refractivity contribution in [2.24, 2.45) is 0 Å². The molecule has 6 nitrogen and oxygen atoms in total. The van der Waals surface area contributed by atoms with Crippen molar-refractivity contribution in [1.82, 2.24) is 5.32 Å². The molecule has 152 valence electrons. The highest BCUT2D eigenvalue weighted by Gasteiger charge is 2.17. The second-order valence-corrected chi connectivity index (χ2v) is 6.37. The first-order chi connectivity index (χ1) is 13.5. The quantitative estimate of drug-likeness (QED) is 0.613. The minimum Gasteiger partial charge on any atom is -0.497 e. The van der Waals surface area contributed by atoms with Crippen molar-refractivity contribution in [2.45, 2.75) is 32.7 Å². The van der Waals surface area contributed by atoms with Crippen molar-refractivity contribution in [3.8, 4) is 23.0 Å². The summed E-state index contributed by atoms with van der Waals surface area (Å²) in [7, 11) is 4.76. The normalized spacial score (nSPS) is 11.5. The molecule has 0 bridgehead atoms. The third-order valence-electron chi connectivity index (χ3n) is 4.43. The van der Waals surface area contributed by atoms with Crippen LogP contribution in [0.5, 0.6) is 23.0 Å². The van der Waals surface area contributed by atoms with Gasteiger partial charge in [0.2, 0.25) is 0 Å². The molecular formula is C22H29NO5. The van der Waals surface area contributed by atoms with E-state index in [0.717, 1.165) is 18.4 Å². The van der Waals surface area contributed by atoms with E-state index in [1.807, 2.05) is 25.1 Å². The highest BCUT2D eigenvalue weighted by Crippen LogP contribution is 2.31. The van der Waals surface area contributed by atoms with Gasteiger partial charge in [0.1, 0.15) is 11.5 Å². The summed E-state index contributed by atoms with van der Waals surface area (Å²) in [5.74, 6) is 2.35. The molecule has 2 rings (SSSR count). The van der Waals surface area contributed by atoms with Crippen LogP contribution in [-0.4, -0.2) is 33.8 Å². The van der Waals surface area contributed by atoms with Gasteiger partial charge in [0, 0.05) is 11.1 Å². The molecule has 1 N–H and O–H groups in total. The van der Waals surface area contributed by atoms with Gasteiger partial charge >= 0.3 is 0 Å². The van der Waals surface area contributed by atoms with Crippen LogP contribution in [0.3, 0.4) is 0 Å². The predicted molar refractivity (Wildman–Crippen MR) is 109 cm³/mol. The second kappa shape index (κ2) is 10.4. The molecule has 0 saturated carbocycles. The van der Waals surface area contributed by atoms with E-state index >= 15 is 0 Å². The van der Waals surface area contributed by atoms with E-state index in [4.69, 9.17) is 18.9 Å². The molecule has 0 heterocycles. The van der Waals surface area contributed by atoms with E-state index < -0.39 is 0 Å². The molecular weight excluding hydrogens is 358 g/mol. The Hall–Kier alpha value is -2.89. The van der Waals surface area contributed by atoms with E-state index in [1.165, 1.54) is 0 Å². The molecule has 2 aromatic rings. The average molecular weight is 387 g/mol. The van der Waals surface area contributed by atoms with Gasteiger partial charge in [0.05, 0.1) is 34.0 Å². The zero-order valence-corrected chi connectivity index (χ0v) is 17.2. The maximum absolute atomic E-state index is 12.7. The molecule has 6 heteroatoms. The van der Waals surface area contributed by atoms with E-state index in [0.29, 0.717) is 35.2 Å². The Balaban J connectivity index is 2.16. The number of hydrogen-bond acceptors (Lipinski definition) is 5. The number of carbonyl (C=O) groups is 1. The Morgan fingerprint density at radius 3 is 2.32 bits per heavy atom. The SMILES string of the molecule is CCCCOc1ccc(C(=O)N[C@@H](C)c2cc(OC)ccc2OC)cc1OC. The summed E-state index contributed by atoms with van der Waals surface area (Å²) in [6, 6.07) is 10.4. The summed E-state index contributed by atoms with van der Waals surface area (Å²) in [6.07, 6.45) is 2.01. The Bertz CT molecular complexity index is 790. The first-order valence-electron chi connectivity index (χ1n) is 9.37. The minimum absolute atomic E-state index is 0.212. The zero-order valence-electron chi connectivity index (χ0n) is 17.2. The van der Waals surface area contributed by atoms with Crippen molar-refractivity contribution in [1.29, 1.82) is 0 Å².